The van der Waals surface area contributed by atoms with Gasteiger partial charge in [-0.25, -0.2) is 18.3 Å². The summed E-state index contributed by atoms with van der Waals surface area (Å²) in [4.78, 5) is 12.6. The van der Waals surface area contributed by atoms with E-state index in [1.165, 1.54) is 12.1 Å². The molecule has 0 saturated heterocycles. The molecule has 0 aliphatic heterocycles. The van der Waals surface area contributed by atoms with Gasteiger partial charge in [0.1, 0.15) is 11.4 Å². The highest BCUT2D eigenvalue weighted by Crippen LogP contribution is 2.34. The Morgan fingerprint density at radius 3 is 2.56 bits per heavy atom. The van der Waals surface area contributed by atoms with Gasteiger partial charge >= 0.3 is 0 Å². The van der Waals surface area contributed by atoms with Gasteiger partial charge in [-0.15, -0.1) is 5.10 Å². The Labute approximate surface area is 152 Å². The summed E-state index contributed by atoms with van der Waals surface area (Å²) >= 11 is 0. The first-order chi connectivity index (χ1) is 12.9. The van der Waals surface area contributed by atoms with Gasteiger partial charge in [0.2, 0.25) is 5.91 Å². The van der Waals surface area contributed by atoms with Crippen LogP contribution in [0.1, 0.15) is 30.3 Å². The lowest BCUT2D eigenvalue weighted by atomic mass is 10.0. The van der Waals surface area contributed by atoms with Gasteiger partial charge in [0, 0.05) is 6.42 Å². The first-order valence-electron chi connectivity index (χ1n) is 8.18. The number of nitrogens with zero attached hydrogens (tertiary/aromatic N) is 4. The minimum absolute atomic E-state index is 0.0925. The van der Waals surface area contributed by atoms with Crippen molar-refractivity contribution in [1.29, 1.82) is 5.26 Å². The fourth-order valence-electron chi connectivity index (χ4n) is 2.60. The normalized spacial score (nSPS) is 17.1. The number of H-pyrrole nitrogens is 1. The summed E-state index contributed by atoms with van der Waals surface area (Å²) in [6, 6.07) is 3.94. The SMILES string of the molecule is N#CC1(NC(=O)[C@H](Cc2nnn[nH]2)N[C@@H](c2ccc(F)cc2)C(F)F)CC1. The monoisotopic (exact) mass is 379 g/mol. The number of nitriles is 1. The van der Waals surface area contributed by atoms with Crippen molar-refractivity contribution in [1.82, 2.24) is 31.3 Å². The Kier molecular flexibility index (Phi) is 5.36. The van der Waals surface area contributed by atoms with Crippen molar-refractivity contribution in [3.05, 3.63) is 41.5 Å². The molecule has 11 heteroatoms. The van der Waals surface area contributed by atoms with Crippen LogP contribution >= 0.6 is 0 Å². The summed E-state index contributed by atoms with van der Waals surface area (Å²) in [5.41, 5.74) is -0.825. The molecule has 1 amide bonds. The van der Waals surface area contributed by atoms with Crippen LogP contribution in [0.3, 0.4) is 0 Å². The quantitative estimate of drug-likeness (QED) is 0.630. The van der Waals surface area contributed by atoms with Crippen molar-refractivity contribution in [2.75, 3.05) is 0 Å². The van der Waals surface area contributed by atoms with E-state index in [0.717, 1.165) is 12.1 Å². The number of carbonyl (C=O) groups excluding carboxylic acids is 1. The molecule has 0 bridgehead atoms. The molecule has 1 aromatic carbocycles. The number of aromatic nitrogens is 4. The van der Waals surface area contributed by atoms with Gasteiger partial charge in [0.05, 0.1) is 18.2 Å². The Morgan fingerprint density at radius 2 is 2.04 bits per heavy atom. The maximum Gasteiger partial charge on any atom is 0.257 e. The van der Waals surface area contributed by atoms with Crippen molar-refractivity contribution in [3.63, 3.8) is 0 Å². The first-order valence-corrected chi connectivity index (χ1v) is 8.18. The fraction of sp³-hybridized carbons (Fsp3) is 0.438. The van der Waals surface area contributed by atoms with Crippen LogP contribution in [-0.2, 0) is 11.2 Å². The van der Waals surface area contributed by atoms with Crippen LogP contribution in [0.4, 0.5) is 13.2 Å². The summed E-state index contributed by atoms with van der Waals surface area (Å²) in [7, 11) is 0. The van der Waals surface area contributed by atoms with Gasteiger partial charge in [-0.3, -0.25) is 10.1 Å². The lowest BCUT2D eigenvalue weighted by Gasteiger charge is -2.25. The highest BCUT2D eigenvalue weighted by atomic mass is 19.3. The van der Waals surface area contributed by atoms with E-state index in [-0.39, 0.29) is 17.8 Å². The van der Waals surface area contributed by atoms with Crippen LogP contribution in [0.15, 0.2) is 24.3 Å². The first kappa shape index (κ1) is 18.8. The molecule has 1 aliphatic carbocycles. The van der Waals surface area contributed by atoms with Crippen molar-refractivity contribution < 1.29 is 18.0 Å². The number of aromatic amines is 1. The van der Waals surface area contributed by atoms with Gasteiger partial charge in [-0.05, 0) is 41.0 Å². The maximum atomic E-state index is 13.6. The standard InChI is InChI=1S/C16H16F3N7O/c17-10-3-1-9(2-4-10)13(14(18)19)21-11(7-12-23-25-26-24-12)15(27)22-16(8-20)5-6-16/h1-4,11,13-14,21H,5-7H2,(H,22,27)(H,23,24,25,26)/t11-,13-/m0/s1. The molecule has 2 aromatic rings. The molecule has 3 rings (SSSR count). The van der Waals surface area contributed by atoms with Crippen LogP contribution < -0.4 is 10.6 Å². The number of carbonyl (C=O) groups is 1. The van der Waals surface area contributed by atoms with E-state index in [4.69, 9.17) is 5.26 Å². The molecule has 0 spiro atoms. The second-order valence-corrected chi connectivity index (χ2v) is 6.32. The van der Waals surface area contributed by atoms with Crippen LogP contribution in [-0.4, -0.2) is 44.5 Å². The molecule has 1 fully saturated rings. The van der Waals surface area contributed by atoms with Crippen molar-refractivity contribution >= 4 is 5.91 Å². The van der Waals surface area contributed by atoms with Crippen LogP contribution in [0.25, 0.3) is 0 Å². The zero-order valence-corrected chi connectivity index (χ0v) is 14.0. The second kappa shape index (κ2) is 7.71. The maximum absolute atomic E-state index is 13.6. The second-order valence-electron chi connectivity index (χ2n) is 6.32. The molecule has 8 nitrogen and oxygen atoms in total. The van der Waals surface area contributed by atoms with Gasteiger partial charge < -0.3 is 5.32 Å². The van der Waals surface area contributed by atoms with Crippen molar-refractivity contribution in [2.45, 2.75) is 43.3 Å². The molecule has 2 atom stereocenters. The van der Waals surface area contributed by atoms with E-state index < -0.39 is 35.8 Å². The Bertz CT molecular complexity index is 816. The molecule has 0 unspecified atom stereocenters. The molecule has 1 heterocycles. The summed E-state index contributed by atoms with van der Waals surface area (Å²) in [6.45, 7) is 0. The van der Waals surface area contributed by atoms with E-state index in [1.54, 1.807) is 0 Å². The lowest BCUT2D eigenvalue weighted by molar-refractivity contribution is -0.124. The van der Waals surface area contributed by atoms with Gasteiger partial charge in [0.15, 0.2) is 5.82 Å². The zero-order valence-electron chi connectivity index (χ0n) is 14.0. The average molecular weight is 379 g/mol. The smallest absolute Gasteiger partial charge is 0.257 e. The number of tetrazole rings is 1. The number of halogens is 3. The van der Waals surface area contributed by atoms with E-state index in [9.17, 15) is 18.0 Å². The number of alkyl halides is 2. The third kappa shape index (κ3) is 4.59. The van der Waals surface area contributed by atoms with Crippen LogP contribution in [0.5, 0.6) is 0 Å². The van der Waals surface area contributed by atoms with E-state index in [2.05, 4.69) is 31.3 Å². The van der Waals surface area contributed by atoms with E-state index in [1.807, 2.05) is 6.07 Å². The molecule has 1 aliphatic rings. The highest BCUT2D eigenvalue weighted by Gasteiger charge is 2.46. The number of rotatable bonds is 8. The molecule has 1 aromatic heterocycles. The number of nitrogens with one attached hydrogen (secondary N) is 3. The summed E-state index contributed by atoms with van der Waals surface area (Å²) < 4.78 is 40.3. The Hall–Kier alpha value is -3.00. The minimum Gasteiger partial charge on any atom is -0.336 e. The Balaban J connectivity index is 1.80. The predicted molar refractivity (Wildman–Crippen MR) is 85.7 cm³/mol. The predicted octanol–water partition coefficient (Wildman–Crippen LogP) is 1.02. The summed E-state index contributed by atoms with van der Waals surface area (Å²) in [5.74, 6) is -0.951. The largest absolute Gasteiger partial charge is 0.336 e. The summed E-state index contributed by atoms with van der Waals surface area (Å²) in [5, 5.41) is 27.2. The summed E-state index contributed by atoms with van der Waals surface area (Å²) in [6.07, 6.45) is -1.95. The van der Waals surface area contributed by atoms with Crippen molar-refractivity contribution in [3.8, 4) is 6.07 Å². The van der Waals surface area contributed by atoms with E-state index >= 15 is 0 Å². The molecule has 0 radical (unpaired) electrons. The molecular formula is C16H16F3N7O. The topological polar surface area (TPSA) is 119 Å². The highest BCUT2D eigenvalue weighted by molar-refractivity contribution is 5.83. The third-order valence-corrected chi connectivity index (χ3v) is 4.29. The zero-order chi connectivity index (χ0) is 19.4. The van der Waals surface area contributed by atoms with Gasteiger partial charge in [-0.1, -0.05) is 12.1 Å². The van der Waals surface area contributed by atoms with Gasteiger partial charge in [0.25, 0.3) is 6.43 Å². The molecule has 1 saturated carbocycles. The molecular weight excluding hydrogens is 363 g/mol. The molecule has 142 valence electrons. The van der Waals surface area contributed by atoms with Crippen LogP contribution in [0, 0.1) is 17.1 Å². The third-order valence-electron chi connectivity index (χ3n) is 4.29. The number of hydrogen-bond acceptors (Lipinski definition) is 6. The molecule has 27 heavy (non-hydrogen) atoms. The molecule has 3 N–H and O–H groups in total. The van der Waals surface area contributed by atoms with Crippen LogP contribution in [0.2, 0.25) is 0 Å². The van der Waals surface area contributed by atoms with Crippen molar-refractivity contribution in [2.24, 2.45) is 0 Å². The Morgan fingerprint density at radius 1 is 1.33 bits per heavy atom. The number of amides is 1. The number of benzene rings is 1. The average Bonchev–Trinajstić information content (AvgIpc) is 3.22. The lowest BCUT2D eigenvalue weighted by Crippen LogP contribution is -2.51. The van der Waals surface area contributed by atoms with Gasteiger partial charge in [-0.2, -0.15) is 5.26 Å². The van der Waals surface area contributed by atoms with E-state index in [0.29, 0.717) is 12.8 Å². The fourth-order valence-corrected chi connectivity index (χ4v) is 2.60. The minimum atomic E-state index is -2.86. The number of hydrogen-bond donors (Lipinski definition) is 3.